The second-order valence-corrected chi connectivity index (χ2v) is 4.97. The van der Waals surface area contributed by atoms with Gasteiger partial charge in [-0.05, 0) is 45.3 Å². The van der Waals surface area contributed by atoms with Gasteiger partial charge in [-0.15, -0.1) is 0 Å². The number of hydrogen-bond acceptors (Lipinski definition) is 3. The van der Waals surface area contributed by atoms with Gasteiger partial charge in [-0.1, -0.05) is 6.42 Å². The van der Waals surface area contributed by atoms with Gasteiger partial charge < -0.3 is 10.6 Å². The lowest BCUT2D eigenvalue weighted by Crippen LogP contribution is -2.42. The molecule has 0 aliphatic carbocycles. The Bertz CT molecular complexity index is 178. The summed E-state index contributed by atoms with van der Waals surface area (Å²) in [7, 11) is 0. The van der Waals surface area contributed by atoms with Crippen molar-refractivity contribution >= 4 is 0 Å². The standard InChI is InChI=1S/C12H25N3/c13-11-12-5-4-8-15(12)10-9-14-6-2-1-3-7-14/h12H,1-11,13H2. The van der Waals surface area contributed by atoms with Crippen molar-refractivity contribution in [3.8, 4) is 0 Å². The minimum absolute atomic E-state index is 0.676. The SMILES string of the molecule is NCC1CCCN1CCN1CCCCC1. The van der Waals surface area contributed by atoms with E-state index in [0.29, 0.717) is 6.04 Å². The minimum Gasteiger partial charge on any atom is -0.329 e. The summed E-state index contributed by atoms with van der Waals surface area (Å²) >= 11 is 0. The number of rotatable bonds is 4. The van der Waals surface area contributed by atoms with Crippen molar-refractivity contribution in [1.82, 2.24) is 9.80 Å². The van der Waals surface area contributed by atoms with Crippen LogP contribution in [0, 0.1) is 0 Å². The zero-order chi connectivity index (χ0) is 10.5. The maximum absolute atomic E-state index is 5.78. The normalized spacial score (nSPS) is 29.8. The van der Waals surface area contributed by atoms with Crippen molar-refractivity contribution in [1.29, 1.82) is 0 Å². The number of likely N-dealkylation sites (tertiary alicyclic amines) is 2. The van der Waals surface area contributed by atoms with Crippen molar-refractivity contribution in [2.45, 2.75) is 38.1 Å². The number of hydrogen-bond donors (Lipinski definition) is 1. The van der Waals surface area contributed by atoms with E-state index in [0.717, 1.165) is 6.54 Å². The smallest absolute Gasteiger partial charge is 0.0219 e. The van der Waals surface area contributed by atoms with Gasteiger partial charge >= 0.3 is 0 Å². The summed E-state index contributed by atoms with van der Waals surface area (Å²) in [5.74, 6) is 0. The Hall–Kier alpha value is -0.120. The molecule has 2 heterocycles. The van der Waals surface area contributed by atoms with E-state index in [1.807, 2.05) is 0 Å². The highest BCUT2D eigenvalue weighted by atomic mass is 15.2. The van der Waals surface area contributed by atoms with Crippen molar-refractivity contribution < 1.29 is 0 Å². The molecule has 0 bridgehead atoms. The number of piperidine rings is 1. The van der Waals surface area contributed by atoms with E-state index in [9.17, 15) is 0 Å². The van der Waals surface area contributed by atoms with Crippen LogP contribution in [0.15, 0.2) is 0 Å². The third kappa shape index (κ3) is 3.16. The van der Waals surface area contributed by atoms with E-state index in [4.69, 9.17) is 5.73 Å². The third-order valence-corrected chi connectivity index (χ3v) is 3.92. The van der Waals surface area contributed by atoms with Crippen molar-refractivity contribution in [3.63, 3.8) is 0 Å². The van der Waals surface area contributed by atoms with E-state index < -0.39 is 0 Å². The van der Waals surface area contributed by atoms with Crippen molar-refractivity contribution in [2.24, 2.45) is 5.73 Å². The molecule has 0 amide bonds. The fourth-order valence-electron chi connectivity index (χ4n) is 2.91. The lowest BCUT2D eigenvalue weighted by molar-refractivity contribution is 0.176. The van der Waals surface area contributed by atoms with E-state index in [1.165, 1.54) is 64.8 Å². The molecule has 2 N–H and O–H groups in total. The van der Waals surface area contributed by atoms with Crippen LogP contribution in [0.1, 0.15) is 32.1 Å². The summed E-state index contributed by atoms with van der Waals surface area (Å²) in [5.41, 5.74) is 5.78. The summed E-state index contributed by atoms with van der Waals surface area (Å²) < 4.78 is 0. The first-order valence-corrected chi connectivity index (χ1v) is 6.56. The Balaban J connectivity index is 1.67. The van der Waals surface area contributed by atoms with Crippen LogP contribution < -0.4 is 5.73 Å². The molecule has 15 heavy (non-hydrogen) atoms. The molecular formula is C12H25N3. The average molecular weight is 211 g/mol. The maximum atomic E-state index is 5.78. The molecule has 0 aromatic heterocycles. The minimum atomic E-state index is 0.676. The molecule has 0 spiro atoms. The molecule has 0 aromatic rings. The molecule has 2 aliphatic rings. The van der Waals surface area contributed by atoms with Crippen LogP contribution >= 0.6 is 0 Å². The van der Waals surface area contributed by atoms with Crippen LogP contribution in [-0.4, -0.2) is 55.1 Å². The van der Waals surface area contributed by atoms with Gasteiger partial charge in [0.1, 0.15) is 0 Å². The van der Waals surface area contributed by atoms with E-state index >= 15 is 0 Å². The first kappa shape index (κ1) is 11.4. The van der Waals surface area contributed by atoms with Crippen LogP contribution in [0.3, 0.4) is 0 Å². The Morgan fingerprint density at radius 3 is 2.47 bits per heavy atom. The lowest BCUT2D eigenvalue weighted by atomic mass is 10.1. The van der Waals surface area contributed by atoms with Gasteiger partial charge in [0.05, 0.1) is 0 Å². The number of nitrogens with two attached hydrogens (primary N) is 1. The maximum Gasteiger partial charge on any atom is 0.0219 e. The summed E-state index contributed by atoms with van der Waals surface area (Å²) in [6, 6.07) is 0.676. The summed E-state index contributed by atoms with van der Waals surface area (Å²) in [5, 5.41) is 0. The zero-order valence-electron chi connectivity index (χ0n) is 9.83. The van der Waals surface area contributed by atoms with Crippen molar-refractivity contribution in [2.75, 3.05) is 39.3 Å². The Morgan fingerprint density at radius 2 is 1.73 bits per heavy atom. The van der Waals surface area contributed by atoms with Crippen LogP contribution in [0.5, 0.6) is 0 Å². The molecule has 2 saturated heterocycles. The predicted octanol–water partition coefficient (Wildman–Crippen LogP) is 0.895. The molecule has 0 radical (unpaired) electrons. The van der Waals surface area contributed by atoms with Crippen molar-refractivity contribution in [3.05, 3.63) is 0 Å². The summed E-state index contributed by atoms with van der Waals surface area (Å²) in [6.45, 7) is 7.26. The second-order valence-electron chi connectivity index (χ2n) is 4.97. The molecule has 1 atom stereocenters. The highest BCUT2D eigenvalue weighted by Crippen LogP contribution is 2.16. The topological polar surface area (TPSA) is 32.5 Å². The van der Waals surface area contributed by atoms with E-state index in [2.05, 4.69) is 9.80 Å². The molecule has 3 nitrogen and oxygen atoms in total. The van der Waals surface area contributed by atoms with Gasteiger partial charge in [-0.25, -0.2) is 0 Å². The molecule has 0 aromatic carbocycles. The molecule has 2 aliphatic heterocycles. The molecular weight excluding hydrogens is 186 g/mol. The fourth-order valence-corrected chi connectivity index (χ4v) is 2.91. The highest BCUT2D eigenvalue weighted by Gasteiger charge is 2.23. The molecule has 3 heteroatoms. The molecule has 2 fully saturated rings. The van der Waals surface area contributed by atoms with Gasteiger partial charge in [0.2, 0.25) is 0 Å². The van der Waals surface area contributed by atoms with Gasteiger partial charge in [0, 0.05) is 25.7 Å². The van der Waals surface area contributed by atoms with Crippen LogP contribution in [0.2, 0.25) is 0 Å². The first-order chi connectivity index (χ1) is 7.40. The number of nitrogens with zero attached hydrogens (tertiary/aromatic N) is 2. The first-order valence-electron chi connectivity index (χ1n) is 6.56. The third-order valence-electron chi connectivity index (χ3n) is 3.92. The van der Waals surface area contributed by atoms with Crippen LogP contribution in [0.4, 0.5) is 0 Å². The average Bonchev–Trinajstić information content (AvgIpc) is 2.75. The van der Waals surface area contributed by atoms with Crippen LogP contribution in [0.25, 0.3) is 0 Å². The molecule has 2 rings (SSSR count). The van der Waals surface area contributed by atoms with Gasteiger partial charge in [0.15, 0.2) is 0 Å². The summed E-state index contributed by atoms with van der Waals surface area (Å²) in [6.07, 6.45) is 6.91. The molecule has 1 unspecified atom stereocenters. The second kappa shape index (κ2) is 5.83. The predicted molar refractivity (Wildman–Crippen MR) is 63.9 cm³/mol. The van der Waals surface area contributed by atoms with Crippen LogP contribution in [-0.2, 0) is 0 Å². The highest BCUT2D eigenvalue weighted by molar-refractivity contribution is 4.80. The van der Waals surface area contributed by atoms with Gasteiger partial charge in [-0.2, -0.15) is 0 Å². The Labute approximate surface area is 93.6 Å². The quantitative estimate of drug-likeness (QED) is 0.750. The molecule has 0 saturated carbocycles. The van der Waals surface area contributed by atoms with E-state index in [-0.39, 0.29) is 0 Å². The largest absolute Gasteiger partial charge is 0.329 e. The lowest BCUT2D eigenvalue weighted by Gasteiger charge is -2.30. The summed E-state index contributed by atoms with van der Waals surface area (Å²) in [4.78, 5) is 5.21. The Kier molecular flexibility index (Phi) is 4.42. The molecule has 88 valence electrons. The van der Waals surface area contributed by atoms with Gasteiger partial charge in [0.25, 0.3) is 0 Å². The Morgan fingerprint density at radius 1 is 0.933 bits per heavy atom. The van der Waals surface area contributed by atoms with E-state index in [1.54, 1.807) is 0 Å². The zero-order valence-corrected chi connectivity index (χ0v) is 9.83. The fraction of sp³-hybridized carbons (Fsp3) is 1.00. The monoisotopic (exact) mass is 211 g/mol. The van der Waals surface area contributed by atoms with Gasteiger partial charge in [-0.3, -0.25) is 4.90 Å².